The summed E-state index contributed by atoms with van der Waals surface area (Å²) < 4.78 is 0. The first-order valence-electron chi connectivity index (χ1n) is 0. The van der Waals surface area contributed by atoms with Gasteiger partial charge in [0.2, 0.25) is 0 Å². The number of hydrogen-bond donors (Lipinski definition) is 0. The minimum absolute atomic E-state index is 0. The van der Waals surface area contributed by atoms with E-state index < -0.39 is 0 Å². The summed E-state index contributed by atoms with van der Waals surface area (Å²) in [6, 6.07) is 0. The molecular formula is H4Cl52K48. The number of halogens is 52. The van der Waals surface area contributed by atoms with Crippen LogP contribution in [-0.4, -0.2) is 0 Å². The molecule has 0 aliphatic heterocycles. The smallest absolute Gasteiger partial charge is 1.00 e. The summed E-state index contributed by atoms with van der Waals surface area (Å²) in [6.45, 7) is 0. The molecule has 0 saturated heterocycles. The van der Waals surface area contributed by atoms with E-state index in [0.717, 1.165) is 0 Å². The van der Waals surface area contributed by atoms with Crippen LogP contribution < -0.4 is 3060 Å². The van der Waals surface area contributed by atoms with Crippen LogP contribution >= 0.6 is 49.6 Å². The molecule has 0 rings (SSSR count). The number of hydrogen-bond acceptors (Lipinski definition) is 0. The van der Waals surface area contributed by atoms with Crippen molar-refractivity contribution >= 4 is 49.6 Å². The molecule has 416 valence electrons. The van der Waals surface area contributed by atoms with E-state index in [-0.39, 0.29) is 3110 Å². The van der Waals surface area contributed by atoms with Crippen molar-refractivity contribution in [1.82, 2.24) is 0 Å². The summed E-state index contributed by atoms with van der Waals surface area (Å²) in [6.07, 6.45) is 0. The largest absolute Gasteiger partial charge is 1.00 e. The average Bonchev–Trinajstić information content (AvgIpc) is 0. The van der Waals surface area contributed by atoms with Crippen LogP contribution in [0.3, 0.4) is 0 Å². The maximum absolute atomic E-state index is 0. The molecule has 0 aromatic rings. The molecule has 0 spiro atoms. The van der Waals surface area contributed by atoms with Gasteiger partial charge in [0.1, 0.15) is 0 Å². The van der Waals surface area contributed by atoms with Gasteiger partial charge in [-0.1, -0.05) is 0 Å². The summed E-state index contributed by atoms with van der Waals surface area (Å²) in [5.41, 5.74) is 0. The molecule has 100 heteroatoms. The van der Waals surface area contributed by atoms with Crippen molar-refractivity contribution in [3.8, 4) is 0 Å². The van der Waals surface area contributed by atoms with Crippen LogP contribution in [0.5, 0.6) is 0 Å². The Balaban J connectivity index is 0. The summed E-state index contributed by atoms with van der Waals surface area (Å²) in [7, 11) is 0. The maximum atomic E-state index is 0. The predicted molar refractivity (Wildman–Crippen MR) is 29.0 cm³/mol. The Kier molecular flexibility index (Phi) is 6610. The zero-order valence-corrected chi connectivity index (χ0v) is 257. The van der Waals surface area contributed by atoms with Crippen molar-refractivity contribution in [2.45, 2.75) is 0 Å². The van der Waals surface area contributed by atoms with Crippen molar-refractivity contribution in [2.24, 2.45) is 0 Å². The van der Waals surface area contributed by atoms with E-state index in [1.54, 1.807) is 0 Å². The Hall–Kier alpha value is 93.6. The molecule has 0 aromatic heterocycles. The zero-order chi connectivity index (χ0) is 0. The van der Waals surface area contributed by atoms with Gasteiger partial charge in [0.05, 0.1) is 0 Å². The molecule has 0 N–H and O–H groups in total. The fraction of sp³-hybridized carbons (Fsp3) is 0. The standard InChI is InChI=1S/52ClH.48K/h52*1H;;;;;;;;;;;;;;;;;;;;;;;;;;;;;;;;;;;;;;;;;;;;;;;;/q;;;;;;;;;;;;;;;;;;;;;;;;;;;;;;;;;;;;;;;;;;;;;;;;;;;;48*+1/p-48. The average molecular weight is 3720 g/mol. The summed E-state index contributed by atoms with van der Waals surface area (Å²) in [5, 5.41) is 0. The second kappa shape index (κ2) is 807. The van der Waals surface area contributed by atoms with Crippen LogP contribution in [0.25, 0.3) is 0 Å². The van der Waals surface area contributed by atoms with Crippen LogP contribution in [0.15, 0.2) is 0 Å². The molecule has 0 radical (unpaired) electrons. The first-order chi connectivity index (χ1) is 0. The van der Waals surface area contributed by atoms with Gasteiger partial charge in [-0.2, -0.15) is 0 Å². The predicted octanol–water partition coefficient (Wildman–Crippen LogP) is -286. The molecule has 0 nitrogen and oxygen atoms in total. The van der Waals surface area contributed by atoms with Gasteiger partial charge >= 0.3 is 2470 Å². The molecular weight excluding hydrogens is 3720 g/mol. The Morgan fingerprint density at radius 2 is 0.0300 bits per heavy atom. The Morgan fingerprint density at radius 1 is 0.0300 bits per heavy atom. The van der Waals surface area contributed by atoms with Crippen molar-refractivity contribution in [1.29, 1.82) is 0 Å². The van der Waals surface area contributed by atoms with Gasteiger partial charge in [-0.25, -0.2) is 0 Å². The SMILES string of the molecule is Cl.Cl.Cl.Cl.[Cl-].[Cl-].[Cl-].[Cl-].[Cl-].[Cl-].[Cl-].[Cl-].[Cl-].[Cl-].[Cl-].[Cl-].[Cl-].[Cl-].[Cl-].[Cl-].[Cl-].[Cl-].[Cl-].[Cl-].[Cl-].[Cl-].[Cl-].[Cl-].[Cl-].[Cl-].[Cl-].[Cl-].[Cl-].[Cl-].[Cl-].[Cl-].[Cl-].[Cl-].[Cl-].[Cl-].[Cl-].[Cl-].[Cl-].[Cl-].[Cl-].[Cl-].[Cl-].[Cl-].[Cl-].[Cl-].[Cl-].[Cl-].[K+].[K+].[K+].[K+].[K+].[K+].[K+].[K+].[K+].[K+].[K+].[K+].[K+].[K+].[K+].[K+].[K+].[K+].[K+].[K+].[K+].[K+].[K+].[K+].[K+].[K+].[K+].[K+].[K+].[K+].[K+].[K+].[K+].[K+].[K+].[K+].[K+].[K+].[K+].[K+].[K+].[K+].[K+].[K+].[K+].[K+].[K+].[K+]. The molecule has 0 heterocycles. The third-order valence-electron chi connectivity index (χ3n) is 0. The van der Waals surface area contributed by atoms with E-state index in [9.17, 15) is 0 Å². The molecule has 0 fully saturated rings. The van der Waals surface area contributed by atoms with Crippen molar-refractivity contribution in [3.63, 3.8) is 0 Å². The van der Waals surface area contributed by atoms with Gasteiger partial charge in [0, 0.05) is 0 Å². The zero-order valence-electron chi connectivity index (χ0n) is 67.8. The van der Waals surface area contributed by atoms with E-state index in [1.165, 1.54) is 0 Å². The van der Waals surface area contributed by atoms with Gasteiger partial charge in [-0.3, -0.25) is 0 Å². The van der Waals surface area contributed by atoms with Crippen molar-refractivity contribution in [2.75, 3.05) is 0 Å². The minimum Gasteiger partial charge on any atom is -1.00 e. The fourth-order valence-electron chi connectivity index (χ4n) is 0. The monoisotopic (exact) mass is 3690 g/mol. The normalized spacial score (nSPS) is 0. The van der Waals surface area contributed by atoms with E-state index in [1.807, 2.05) is 0 Å². The minimum atomic E-state index is 0. The quantitative estimate of drug-likeness (QED) is 0.212. The summed E-state index contributed by atoms with van der Waals surface area (Å²) >= 11 is 0. The van der Waals surface area contributed by atoms with Crippen LogP contribution in [0.4, 0.5) is 0 Å². The van der Waals surface area contributed by atoms with E-state index in [0.29, 0.717) is 0 Å². The Bertz CT molecular complexity index is 99.9. The second-order valence-electron chi connectivity index (χ2n) is 0. The van der Waals surface area contributed by atoms with Crippen LogP contribution in [-0.2, 0) is 0 Å². The van der Waals surface area contributed by atoms with Crippen LogP contribution in [0.1, 0.15) is 0 Å². The molecule has 0 saturated carbocycles. The van der Waals surface area contributed by atoms with Gasteiger partial charge in [-0.05, 0) is 0 Å². The number of rotatable bonds is 0. The Labute approximate surface area is 2980 Å². The first-order valence-corrected chi connectivity index (χ1v) is 0. The van der Waals surface area contributed by atoms with Crippen molar-refractivity contribution < 1.29 is 3060 Å². The molecule has 0 aliphatic carbocycles. The third kappa shape index (κ3) is 794. The van der Waals surface area contributed by atoms with E-state index in [4.69, 9.17) is 0 Å². The molecule has 0 aliphatic rings. The Morgan fingerprint density at radius 3 is 0.0300 bits per heavy atom. The first kappa shape index (κ1) is 820. The second-order valence-corrected chi connectivity index (χ2v) is 0. The van der Waals surface area contributed by atoms with Gasteiger partial charge in [-0.15, -0.1) is 49.6 Å². The molecule has 0 bridgehead atoms. The van der Waals surface area contributed by atoms with Gasteiger partial charge in [0.15, 0.2) is 0 Å². The fourth-order valence-corrected chi connectivity index (χ4v) is 0. The van der Waals surface area contributed by atoms with E-state index in [2.05, 4.69) is 0 Å². The van der Waals surface area contributed by atoms with Gasteiger partial charge in [0.25, 0.3) is 0 Å². The summed E-state index contributed by atoms with van der Waals surface area (Å²) in [5.74, 6) is 0. The van der Waals surface area contributed by atoms with Crippen LogP contribution in [0.2, 0.25) is 0 Å². The molecule has 100 heavy (non-hydrogen) atoms. The third-order valence-corrected chi connectivity index (χ3v) is 0. The molecule has 0 atom stereocenters. The van der Waals surface area contributed by atoms with Crippen molar-refractivity contribution in [3.05, 3.63) is 0 Å². The summed E-state index contributed by atoms with van der Waals surface area (Å²) in [4.78, 5) is 0. The van der Waals surface area contributed by atoms with Crippen LogP contribution in [0, 0.1) is 0 Å². The molecule has 0 unspecified atom stereocenters. The topological polar surface area (TPSA) is 0 Å². The molecule has 0 amide bonds. The van der Waals surface area contributed by atoms with Gasteiger partial charge < -0.3 is 596 Å². The maximum Gasteiger partial charge on any atom is 1.00 e. The molecule has 0 aromatic carbocycles. The van der Waals surface area contributed by atoms with E-state index >= 15 is 0 Å².